The van der Waals surface area contributed by atoms with E-state index in [1.54, 1.807) is 11.3 Å². The van der Waals surface area contributed by atoms with Crippen molar-refractivity contribution in [3.63, 3.8) is 0 Å². The van der Waals surface area contributed by atoms with E-state index in [4.69, 9.17) is 5.73 Å². The number of nitrogens with one attached hydrogen (secondary N) is 1. The summed E-state index contributed by atoms with van der Waals surface area (Å²) in [6, 6.07) is 5.24. The molecule has 0 aliphatic rings. The minimum atomic E-state index is -4.37. The number of nitrogen functional groups attached to an aromatic ring is 1. The highest BCUT2D eigenvalue weighted by Gasteiger charge is 2.30. The summed E-state index contributed by atoms with van der Waals surface area (Å²) in [5.41, 5.74) is 5.46. The SMILES string of the molecule is Nc1cc(C(F)(F)F)ccc1NCc1cc(Br)cs1. The van der Waals surface area contributed by atoms with Crippen LogP contribution in [-0.4, -0.2) is 0 Å². The molecule has 0 atom stereocenters. The van der Waals surface area contributed by atoms with Crippen LogP contribution >= 0.6 is 27.3 Å². The molecule has 1 aromatic heterocycles. The van der Waals surface area contributed by atoms with Crippen LogP contribution in [0.4, 0.5) is 24.5 Å². The fraction of sp³-hybridized carbons (Fsp3) is 0.167. The normalized spacial score (nSPS) is 11.6. The Morgan fingerprint density at radius 1 is 1.26 bits per heavy atom. The van der Waals surface area contributed by atoms with Crippen LogP contribution in [-0.2, 0) is 12.7 Å². The molecule has 2 rings (SSSR count). The van der Waals surface area contributed by atoms with Gasteiger partial charge in [0.25, 0.3) is 0 Å². The highest BCUT2D eigenvalue weighted by atomic mass is 79.9. The molecule has 2 nitrogen and oxygen atoms in total. The summed E-state index contributed by atoms with van der Waals surface area (Å²) >= 11 is 4.89. The van der Waals surface area contributed by atoms with Crippen LogP contribution < -0.4 is 11.1 Å². The molecule has 1 aromatic carbocycles. The van der Waals surface area contributed by atoms with Gasteiger partial charge in [0.2, 0.25) is 0 Å². The molecule has 19 heavy (non-hydrogen) atoms. The van der Waals surface area contributed by atoms with Gasteiger partial charge in [-0.05, 0) is 40.2 Å². The Kier molecular flexibility index (Phi) is 4.05. The predicted molar refractivity (Wildman–Crippen MR) is 75.2 cm³/mol. The minimum Gasteiger partial charge on any atom is -0.397 e. The molecule has 0 radical (unpaired) electrons. The largest absolute Gasteiger partial charge is 0.416 e. The van der Waals surface area contributed by atoms with E-state index in [1.807, 2.05) is 11.4 Å². The summed E-state index contributed by atoms with van der Waals surface area (Å²) in [5, 5.41) is 4.96. The average molecular weight is 351 g/mol. The van der Waals surface area contributed by atoms with Crippen molar-refractivity contribution in [2.75, 3.05) is 11.1 Å². The van der Waals surface area contributed by atoms with Crippen molar-refractivity contribution in [2.45, 2.75) is 12.7 Å². The third kappa shape index (κ3) is 3.63. The predicted octanol–water partition coefficient (Wildman–Crippen LogP) is 4.72. The second-order valence-corrected chi connectivity index (χ2v) is 5.80. The van der Waals surface area contributed by atoms with Crippen molar-refractivity contribution in [1.82, 2.24) is 0 Å². The van der Waals surface area contributed by atoms with Crippen LogP contribution in [0.2, 0.25) is 0 Å². The van der Waals surface area contributed by atoms with Crippen LogP contribution in [0.1, 0.15) is 10.4 Å². The van der Waals surface area contributed by atoms with E-state index in [0.29, 0.717) is 12.2 Å². The van der Waals surface area contributed by atoms with Gasteiger partial charge in [0.05, 0.1) is 16.9 Å². The molecule has 0 aliphatic heterocycles. The van der Waals surface area contributed by atoms with Gasteiger partial charge in [0, 0.05) is 21.3 Å². The van der Waals surface area contributed by atoms with Crippen LogP contribution in [0.5, 0.6) is 0 Å². The molecule has 0 bridgehead atoms. The molecule has 0 aliphatic carbocycles. The highest BCUT2D eigenvalue weighted by molar-refractivity contribution is 9.10. The number of nitrogens with two attached hydrogens (primary N) is 1. The molecule has 0 saturated heterocycles. The number of benzene rings is 1. The van der Waals surface area contributed by atoms with E-state index in [0.717, 1.165) is 21.5 Å². The van der Waals surface area contributed by atoms with Gasteiger partial charge in [-0.15, -0.1) is 11.3 Å². The zero-order chi connectivity index (χ0) is 14.0. The van der Waals surface area contributed by atoms with Gasteiger partial charge in [0.1, 0.15) is 0 Å². The Labute approximate surface area is 120 Å². The van der Waals surface area contributed by atoms with Gasteiger partial charge in [-0.2, -0.15) is 13.2 Å². The number of rotatable bonds is 3. The van der Waals surface area contributed by atoms with Gasteiger partial charge < -0.3 is 11.1 Å². The molecule has 102 valence electrons. The Balaban J connectivity index is 2.09. The lowest BCUT2D eigenvalue weighted by atomic mass is 10.1. The molecular weight excluding hydrogens is 341 g/mol. The van der Waals surface area contributed by atoms with E-state index in [1.165, 1.54) is 6.07 Å². The van der Waals surface area contributed by atoms with Crippen LogP contribution in [0.25, 0.3) is 0 Å². The second-order valence-electron chi connectivity index (χ2n) is 3.88. The molecule has 7 heteroatoms. The van der Waals surface area contributed by atoms with Gasteiger partial charge in [-0.3, -0.25) is 0 Å². The van der Waals surface area contributed by atoms with Crippen LogP contribution in [0, 0.1) is 0 Å². The summed E-state index contributed by atoms with van der Waals surface area (Å²) in [5.74, 6) is 0. The summed E-state index contributed by atoms with van der Waals surface area (Å²) < 4.78 is 38.4. The van der Waals surface area contributed by atoms with Crippen molar-refractivity contribution in [2.24, 2.45) is 0 Å². The van der Waals surface area contributed by atoms with Crippen molar-refractivity contribution in [3.8, 4) is 0 Å². The Bertz CT molecular complexity index is 581. The minimum absolute atomic E-state index is 0.0884. The van der Waals surface area contributed by atoms with Crippen molar-refractivity contribution in [3.05, 3.63) is 44.6 Å². The maximum Gasteiger partial charge on any atom is 0.416 e. The molecule has 0 fully saturated rings. The van der Waals surface area contributed by atoms with E-state index in [2.05, 4.69) is 21.2 Å². The third-order valence-electron chi connectivity index (χ3n) is 2.45. The molecular formula is C12H10BrF3N2S. The summed E-state index contributed by atoms with van der Waals surface area (Å²) in [6.45, 7) is 0.520. The van der Waals surface area contributed by atoms with E-state index in [9.17, 15) is 13.2 Å². The third-order valence-corrected chi connectivity index (χ3v) is 4.15. The van der Waals surface area contributed by atoms with Gasteiger partial charge >= 0.3 is 6.18 Å². The molecule has 0 saturated carbocycles. The number of hydrogen-bond acceptors (Lipinski definition) is 3. The quantitative estimate of drug-likeness (QED) is 0.785. The Morgan fingerprint density at radius 3 is 2.53 bits per heavy atom. The first kappa shape index (κ1) is 14.2. The van der Waals surface area contributed by atoms with E-state index >= 15 is 0 Å². The highest BCUT2D eigenvalue weighted by Crippen LogP contribution is 2.33. The molecule has 0 spiro atoms. The smallest absolute Gasteiger partial charge is 0.397 e. The first-order chi connectivity index (χ1) is 8.86. The van der Waals surface area contributed by atoms with Crippen LogP contribution in [0.3, 0.4) is 0 Å². The average Bonchev–Trinajstić information content (AvgIpc) is 2.72. The lowest BCUT2D eigenvalue weighted by Gasteiger charge is -2.12. The number of thiophene rings is 1. The first-order valence-electron chi connectivity index (χ1n) is 5.30. The van der Waals surface area contributed by atoms with Crippen LogP contribution in [0.15, 0.2) is 34.1 Å². The van der Waals surface area contributed by atoms with Gasteiger partial charge in [-0.1, -0.05) is 0 Å². The standard InChI is InChI=1S/C12H10BrF3N2S/c13-8-4-9(19-6-8)5-18-11-2-1-7(3-10(11)17)12(14,15)16/h1-4,6,18H,5,17H2. The Hall–Kier alpha value is -1.21. The van der Waals surface area contributed by atoms with Crippen molar-refractivity contribution < 1.29 is 13.2 Å². The van der Waals surface area contributed by atoms with Gasteiger partial charge in [0.15, 0.2) is 0 Å². The first-order valence-corrected chi connectivity index (χ1v) is 6.97. The maximum absolute atomic E-state index is 12.5. The van der Waals surface area contributed by atoms with E-state index in [-0.39, 0.29) is 5.69 Å². The van der Waals surface area contributed by atoms with Crippen molar-refractivity contribution >= 4 is 38.6 Å². The van der Waals surface area contributed by atoms with Crippen molar-refractivity contribution in [1.29, 1.82) is 0 Å². The number of hydrogen-bond donors (Lipinski definition) is 2. The summed E-state index contributed by atoms with van der Waals surface area (Å²) in [4.78, 5) is 1.06. The maximum atomic E-state index is 12.5. The zero-order valence-electron chi connectivity index (χ0n) is 9.59. The van der Waals surface area contributed by atoms with Gasteiger partial charge in [-0.25, -0.2) is 0 Å². The lowest BCUT2D eigenvalue weighted by Crippen LogP contribution is -2.07. The second kappa shape index (κ2) is 5.42. The number of halogens is 4. The Morgan fingerprint density at radius 2 is 2.00 bits per heavy atom. The number of anilines is 2. The molecule has 3 N–H and O–H groups in total. The topological polar surface area (TPSA) is 38.0 Å². The summed E-state index contributed by atoms with van der Waals surface area (Å²) in [6.07, 6.45) is -4.37. The molecule has 0 amide bonds. The lowest BCUT2D eigenvalue weighted by molar-refractivity contribution is -0.137. The molecule has 2 aromatic rings. The van der Waals surface area contributed by atoms with E-state index < -0.39 is 11.7 Å². The molecule has 0 unspecified atom stereocenters. The fourth-order valence-electron chi connectivity index (χ4n) is 1.53. The number of alkyl halides is 3. The summed E-state index contributed by atoms with van der Waals surface area (Å²) in [7, 11) is 0. The molecule has 1 heterocycles. The monoisotopic (exact) mass is 350 g/mol. The zero-order valence-corrected chi connectivity index (χ0v) is 12.0. The fourth-order valence-corrected chi connectivity index (χ4v) is 2.92.